The molecule has 0 atom stereocenters. The van der Waals surface area contributed by atoms with Crippen LogP contribution in [0.2, 0.25) is 0 Å². The SMILES string of the molecule is O=CC(F)(F)CCCCOC(=O)c1ccccc1. The third-order valence-corrected chi connectivity index (χ3v) is 2.32. The van der Waals surface area contributed by atoms with Gasteiger partial charge in [0, 0.05) is 6.42 Å². The minimum Gasteiger partial charge on any atom is -0.462 e. The Morgan fingerprint density at radius 2 is 1.89 bits per heavy atom. The Morgan fingerprint density at radius 3 is 2.50 bits per heavy atom. The van der Waals surface area contributed by atoms with E-state index in [1.54, 1.807) is 30.3 Å². The third kappa shape index (κ3) is 5.03. The van der Waals surface area contributed by atoms with E-state index in [1.807, 2.05) is 0 Å². The highest BCUT2D eigenvalue weighted by Gasteiger charge is 2.26. The Hall–Kier alpha value is -1.78. The monoisotopic (exact) mass is 256 g/mol. The van der Waals surface area contributed by atoms with Crippen molar-refractivity contribution in [1.82, 2.24) is 0 Å². The summed E-state index contributed by atoms with van der Waals surface area (Å²) in [5.74, 6) is -3.75. The Morgan fingerprint density at radius 1 is 1.22 bits per heavy atom. The van der Waals surface area contributed by atoms with Gasteiger partial charge in [0.05, 0.1) is 12.2 Å². The maximum absolute atomic E-state index is 12.5. The molecule has 0 fully saturated rings. The number of esters is 1. The van der Waals surface area contributed by atoms with Gasteiger partial charge in [-0.15, -0.1) is 0 Å². The summed E-state index contributed by atoms with van der Waals surface area (Å²) in [6, 6.07) is 8.42. The van der Waals surface area contributed by atoms with Crippen LogP contribution < -0.4 is 0 Å². The summed E-state index contributed by atoms with van der Waals surface area (Å²) in [7, 11) is 0. The molecule has 3 nitrogen and oxygen atoms in total. The van der Waals surface area contributed by atoms with Crippen LogP contribution in [0.5, 0.6) is 0 Å². The van der Waals surface area contributed by atoms with E-state index in [-0.39, 0.29) is 19.3 Å². The number of alkyl halides is 2. The van der Waals surface area contributed by atoms with Gasteiger partial charge in [-0.2, -0.15) is 8.78 Å². The second kappa shape index (κ2) is 6.83. The molecule has 98 valence electrons. The molecule has 0 amide bonds. The summed E-state index contributed by atoms with van der Waals surface area (Å²) >= 11 is 0. The molecule has 5 heteroatoms. The fraction of sp³-hybridized carbons (Fsp3) is 0.385. The van der Waals surface area contributed by atoms with Gasteiger partial charge in [0.2, 0.25) is 0 Å². The van der Waals surface area contributed by atoms with Crippen LogP contribution in [0, 0.1) is 0 Å². The van der Waals surface area contributed by atoms with Crippen LogP contribution in [0.15, 0.2) is 30.3 Å². The van der Waals surface area contributed by atoms with Crippen molar-refractivity contribution < 1.29 is 23.1 Å². The van der Waals surface area contributed by atoms with Crippen molar-refractivity contribution >= 4 is 12.3 Å². The van der Waals surface area contributed by atoms with Crippen LogP contribution in [-0.2, 0) is 9.53 Å². The fourth-order valence-electron chi connectivity index (χ4n) is 1.34. The number of unbranched alkanes of at least 4 members (excludes halogenated alkanes) is 1. The molecule has 0 aliphatic heterocycles. The molecule has 0 saturated carbocycles. The topological polar surface area (TPSA) is 43.4 Å². The Labute approximate surface area is 104 Å². The average molecular weight is 256 g/mol. The van der Waals surface area contributed by atoms with Gasteiger partial charge in [0.15, 0.2) is 6.29 Å². The van der Waals surface area contributed by atoms with Gasteiger partial charge < -0.3 is 4.74 Å². The highest BCUT2D eigenvalue weighted by atomic mass is 19.3. The Balaban J connectivity index is 2.19. The second-order valence-corrected chi connectivity index (χ2v) is 3.84. The van der Waals surface area contributed by atoms with Gasteiger partial charge in [-0.1, -0.05) is 18.2 Å². The number of hydrogen-bond acceptors (Lipinski definition) is 3. The molecular formula is C13H14F2O3. The number of carbonyl (C=O) groups is 2. The zero-order valence-corrected chi connectivity index (χ0v) is 9.77. The zero-order chi connectivity index (χ0) is 13.4. The Bertz CT molecular complexity index is 390. The maximum Gasteiger partial charge on any atom is 0.338 e. The van der Waals surface area contributed by atoms with E-state index < -0.39 is 18.3 Å². The van der Waals surface area contributed by atoms with Crippen molar-refractivity contribution in [2.45, 2.75) is 25.2 Å². The van der Waals surface area contributed by atoms with E-state index in [0.717, 1.165) is 0 Å². The van der Waals surface area contributed by atoms with E-state index in [1.165, 1.54) is 0 Å². The van der Waals surface area contributed by atoms with E-state index >= 15 is 0 Å². The number of rotatable bonds is 7. The minimum atomic E-state index is -3.27. The number of halogens is 2. The Kier molecular flexibility index (Phi) is 5.42. The first-order valence-electron chi connectivity index (χ1n) is 5.61. The molecule has 0 unspecified atom stereocenters. The molecule has 0 N–H and O–H groups in total. The molecule has 0 aliphatic rings. The summed E-state index contributed by atoms with van der Waals surface area (Å²) < 4.78 is 30.0. The lowest BCUT2D eigenvalue weighted by atomic mass is 10.1. The van der Waals surface area contributed by atoms with Crippen LogP contribution in [0.25, 0.3) is 0 Å². The van der Waals surface area contributed by atoms with Gasteiger partial charge >= 0.3 is 11.9 Å². The molecule has 18 heavy (non-hydrogen) atoms. The normalized spacial score (nSPS) is 11.0. The van der Waals surface area contributed by atoms with Crippen LogP contribution in [0.3, 0.4) is 0 Å². The lowest BCUT2D eigenvalue weighted by Gasteiger charge is -2.08. The predicted octanol–water partition coefficient (Wildman–Crippen LogP) is 2.85. The largest absolute Gasteiger partial charge is 0.462 e. The number of aldehydes is 1. The van der Waals surface area contributed by atoms with E-state index in [0.29, 0.717) is 12.0 Å². The second-order valence-electron chi connectivity index (χ2n) is 3.84. The summed E-state index contributed by atoms with van der Waals surface area (Å²) in [4.78, 5) is 21.4. The first-order valence-corrected chi connectivity index (χ1v) is 5.61. The maximum atomic E-state index is 12.5. The average Bonchev–Trinajstić information content (AvgIpc) is 2.39. The predicted molar refractivity (Wildman–Crippen MR) is 61.6 cm³/mol. The quantitative estimate of drug-likeness (QED) is 0.428. The summed E-state index contributed by atoms with van der Waals surface area (Å²) in [5.41, 5.74) is 0.427. The lowest BCUT2D eigenvalue weighted by molar-refractivity contribution is -0.130. The van der Waals surface area contributed by atoms with Crippen molar-refractivity contribution in [1.29, 1.82) is 0 Å². The van der Waals surface area contributed by atoms with Crippen molar-refractivity contribution in [2.24, 2.45) is 0 Å². The molecule has 0 aliphatic carbocycles. The summed E-state index contributed by atoms with van der Waals surface area (Å²) in [6.45, 7) is 0.0721. The first kappa shape index (κ1) is 14.3. The molecule has 0 aromatic heterocycles. The molecule has 0 spiro atoms. The molecule has 0 bridgehead atoms. The number of benzene rings is 1. The molecule has 1 aromatic rings. The highest BCUT2D eigenvalue weighted by Crippen LogP contribution is 2.18. The van der Waals surface area contributed by atoms with Crippen LogP contribution in [0.4, 0.5) is 8.78 Å². The van der Waals surface area contributed by atoms with Gasteiger partial charge in [-0.25, -0.2) is 4.79 Å². The van der Waals surface area contributed by atoms with E-state index in [9.17, 15) is 18.4 Å². The van der Waals surface area contributed by atoms with Crippen molar-refractivity contribution in [2.75, 3.05) is 6.61 Å². The highest BCUT2D eigenvalue weighted by molar-refractivity contribution is 5.89. The minimum absolute atomic E-state index is 0.0721. The van der Waals surface area contributed by atoms with Gasteiger partial charge in [-0.3, -0.25) is 4.79 Å². The lowest BCUT2D eigenvalue weighted by Crippen LogP contribution is -2.17. The third-order valence-electron chi connectivity index (χ3n) is 2.32. The van der Waals surface area contributed by atoms with Crippen LogP contribution in [-0.4, -0.2) is 24.8 Å². The van der Waals surface area contributed by atoms with Crippen LogP contribution >= 0.6 is 0 Å². The van der Waals surface area contributed by atoms with Gasteiger partial charge in [-0.05, 0) is 25.0 Å². The summed E-state index contributed by atoms with van der Waals surface area (Å²) in [5, 5.41) is 0. The molecule has 0 radical (unpaired) electrons. The van der Waals surface area contributed by atoms with E-state index in [2.05, 4.69) is 0 Å². The standard InChI is InChI=1S/C13H14F2O3/c14-13(15,10-16)8-4-5-9-18-12(17)11-6-2-1-3-7-11/h1-3,6-7,10H,4-5,8-9H2. The first-order chi connectivity index (χ1) is 8.55. The van der Waals surface area contributed by atoms with Crippen molar-refractivity contribution in [3.63, 3.8) is 0 Å². The van der Waals surface area contributed by atoms with Crippen LogP contribution in [0.1, 0.15) is 29.6 Å². The van der Waals surface area contributed by atoms with E-state index in [4.69, 9.17) is 4.74 Å². The van der Waals surface area contributed by atoms with Gasteiger partial charge in [0.1, 0.15) is 0 Å². The number of ether oxygens (including phenoxy) is 1. The zero-order valence-electron chi connectivity index (χ0n) is 9.77. The number of hydrogen-bond donors (Lipinski definition) is 0. The summed E-state index contributed by atoms with van der Waals surface area (Å²) in [6.07, 6.45) is -0.432. The fourth-order valence-corrected chi connectivity index (χ4v) is 1.34. The van der Waals surface area contributed by atoms with Crippen molar-refractivity contribution in [3.8, 4) is 0 Å². The molecule has 1 aromatic carbocycles. The van der Waals surface area contributed by atoms with Crippen molar-refractivity contribution in [3.05, 3.63) is 35.9 Å². The smallest absolute Gasteiger partial charge is 0.338 e. The molecular weight excluding hydrogens is 242 g/mol. The number of carbonyl (C=O) groups excluding carboxylic acids is 2. The molecule has 0 saturated heterocycles. The molecule has 0 heterocycles. The molecule has 1 rings (SSSR count). The van der Waals surface area contributed by atoms with Gasteiger partial charge in [0.25, 0.3) is 0 Å².